The third kappa shape index (κ3) is 6.15. The lowest BCUT2D eigenvalue weighted by atomic mass is 9.90. The molecular formula is C31H37N3O5. The van der Waals surface area contributed by atoms with Crippen molar-refractivity contribution in [2.24, 2.45) is 5.92 Å². The maximum Gasteiger partial charge on any atom is 0.246 e. The largest absolute Gasteiger partial charge is 0.497 e. The van der Waals surface area contributed by atoms with Crippen molar-refractivity contribution >= 4 is 23.5 Å². The van der Waals surface area contributed by atoms with E-state index < -0.39 is 24.0 Å². The topological polar surface area (TPSA) is 96.0 Å². The van der Waals surface area contributed by atoms with Crippen LogP contribution >= 0.6 is 0 Å². The van der Waals surface area contributed by atoms with Gasteiger partial charge in [-0.05, 0) is 61.8 Å². The van der Waals surface area contributed by atoms with Gasteiger partial charge in [0.25, 0.3) is 0 Å². The predicted molar refractivity (Wildman–Crippen MR) is 146 cm³/mol. The van der Waals surface area contributed by atoms with Crippen LogP contribution in [0, 0.1) is 5.92 Å². The van der Waals surface area contributed by atoms with Crippen molar-refractivity contribution in [2.45, 2.75) is 69.5 Å². The zero-order valence-corrected chi connectivity index (χ0v) is 22.5. The third-order valence-electron chi connectivity index (χ3n) is 8.27. The molecule has 0 aromatic heterocycles. The first kappa shape index (κ1) is 26.9. The van der Waals surface area contributed by atoms with Gasteiger partial charge in [-0.2, -0.15) is 0 Å². The van der Waals surface area contributed by atoms with E-state index in [1.807, 2.05) is 54.6 Å². The van der Waals surface area contributed by atoms with Crippen molar-refractivity contribution in [3.05, 3.63) is 65.7 Å². The number of carbonyl (C=O) groups is 4. The van der Waals surface area contributed by atoms with Gasteiger partial charge >= 0.3 is 0 Å². The van der Waals surface area contributed by atoms with Gasteiger partial charge < -0.3 is 19.9 Å². The van der Waals surface area contributed by atoms with Crippen molar-refractivity contribution in [3.63, 3.8) is 0 Å². The fourth-order valence-electron chi connectivity index (χ4n) is 6.31. The zero-order chi connectivity index (χ0) is 27.4. The Labute approximate surface area is 229 Å². The highest BCUT2D eigenvalue weighted by atomic mass is 16.5. The fourth-order valence-corrected chi connectivity index (χ4v) is 6.31. The first-order valence-corrected chi connectivity index (χ1v) is 14.0. The van der Waals surface area contributed by atoms with Gasteiger partial charge in [-0.1, -0.05) is 42.5 Å². The SMILES string of the molecule is COc1ccc(CC2CC(=O)CC(Cc3ccccc3)NC(=O)C3CCCN3C(=O)C3CCCN3C2=O)cc1. The molecule has 0 saturated carbocycles. The molecule has 4 atom stereocenters. The molecule has 3 fully saturated rings. The van der Waals surface area contributed by atoms with E-state index in [2.05, 4.69) is 5.32 Å². The second kappa shape index (κ2) is 12.0. The van der Waals surface area contributed by atoms with Crippen LogP contribution in [0.25, 0.3) is 0 Å². The van der Waals surface area contributed by atoms with E-state index in [1.165, 1.54) is 0 Å². The normalized spacial score (nSPS) is 26.3. The van der Waals surface area contributed by atoms with Gasteiger partial charge in [-0.25, -0.2) is 0 Å². The summed E-state index contributed by atoms with van der Waals surface area (Å²) in [5.74, 6) is -0.425. The van der Waals surface area contributed by atoms with Crippen LogP contribution in [0.4, 0.5) is 0 Å². The monoisotopic (exact) mass is 531 g/mol. The molecule has 0 spiro atoms. The first-order chi connectivity index (χ1) is 18.9. The molecule has 3 aliphatic rings. The van der Waals surface area contributed by atoms with E-state index in [-0.39, 0.29) is 36.3 Å². The molecule has 0 radical (unpaired) electrons. The Kier molecular flexibility index (Phi) is 8.29. The van der Waals surface area contributed by atoms with E-state index in [1.54, 1.807) is 16.9 Å². The van der Waals surface area contributed by atoms with Crippen LogP contribution in [0.1, 0.15) is 49.7 Å². The highest BCUT2D eigenvalue weighted by molar-refractivity contribution is 5.95. The van der Waals surface area contributed by atoms with Crippen LogP contribution < -0.4 is 10.1 Å². The van der Waals surface area contributed by atoms with Crippen molar-refractivity contribution in [2.75, 3.05) is 20.2 Å². The highest BCUT2D eigenvalue weighted by Gasteiger charge is 2.44. The smallest absolute Gasteiger partial charge is 0.246 e. The predicted octanol–water partition coefficient (Wildman–Crippen LogP) is 2.93. The van der Waals surface area contributed by atoms with Crippen molar-refractivity contribution in [3.8, 4) is 5.75 Å². The van der Waals surface area contributed by atoms with Crippen LogP contribution in [0.5, 0.6) is 5.75 Å². The second-order valence-corrected chi connectivity index (χ2v) is 11.0. The number of Topliss-reactive ketones (excluding diaryl/α,β-unsaturated/α-hetero) is 1. The molecule has 1 N–H and O–H groups in total. The summed E-state index contributed by atoms with van der Waals surface area (Å²) in [5.41, 5.74) is 1.95. The molecular weight excluding hydrogens is 494 g/mol. The molecule has 2 aromatic carbocycles. The molecule has 3 aliphatic heterocycles. The maximum absolute atomic E-state index is 14.0. The summed E-state index contributed by atoms with van der Waals surface area (Å²) in [5, 5.41) is 3.11. The Balaban J connectivity index is 1.46. The minimum absolute atomic E-state index is 0.0623. The lowest BCUT2D eigenvalue weighted by Gasteiger charge is -2.32. The Bertz CT molecular complexity index is 1200. The van der Waals surface area contributed by atoms with Gasteiger partial charge in [-0.15, -0.1) is 0 Å². The van der Waals surface area contributed by atoms with E-state index >= 15 is 0 Å². The Hall–Kier alpha value is -3.68. The lowest BCUT2D eigenvalue weighted by molar-refractivity contribution is -0.148. The maximum atomic E-state index is 14.0. The average Bonchev–Trinajstić information content (AvgIpc) is 3.63. The number of amides is 3. The molecule has 3 amide bonds. The van der Waals surface area contributed by atoms with Crippen LogP contribution in [0.15, 0.2) is 54.6 Å². The minimum atomic E-state index is -0.583. The van der Waals surface area contributed by atoms with Crippen molar-refractivity contribution in [1.82, 2.24) is 15.1 Å². The van der Waals surface area contributed by atoms with E-state index in [0.29, 0.717) is 38.8 Å². The number of hydrogen-bond acceptors (Lipinski definition) is 5. The van der Waals surface area contributed by atoms with Crippen molar-refractivity contribution < 1.29 is 23.9 Å². The Morgan fingerprint density at radius 3 is 2.10 bits per heavy atom. The molecule has 39 heavy (non-hydrogen) atoms. The number of hydrogen-bond donors (Lipinski definition) is 1. The van der Waals surface area contributed by atoms with Gasteiger partial charge in [0.05, 0.1) is 7.11 Å². The lowest BCUT2D eigenvalue weighted by Crippen LogP contribution is -2.54. The summed E-state index contributed by atoms with van der Waals surface area (Å²) in [4.78, 5) is 58.0. The molecule has 0 aliphatic carbocycles. The van der Waals surface area contributed by atoms with Crippen LogP contribution in [-0.2, 0) is 32.0 Å². The quantitative estimate of drug-likeness (QED) is 0.640. The molecule has 3 heterocycles. The summed E-state index contributed by atoms with van der Waals surface area (Å²) < 4.78 is 5.27. The van der Waals surface area contributed by atoms with E-state index in [9.17, 15) is 19.2 Å². The van der Waals surface area contributed by atoms with E-state index in [4.69, 9.17) is 4.74 Å². The summed E-state index contributed by atoms with van der Waals surface area (Å²) in [7, 11) is 1.60. The summed E-state index contributed by atoms with van der Waals surface area (Å²) in [6.07, 6.45) is 3.74. The molecule has 8 heteroatoms. The number of nitrogens with zero attached hydrogens (tertiary/aromatic N) is 2. The van der Waals surface area contributed by atoms with Gasteiger partial charge in [0.2, 0.25) is 17.7 Å². The number of ether oxygens (including phenoxy) is 1. The number of benzene rings is 2. The second-order valence-electron chi connectivity index (χ2n) is 11.0. The average molecular weight is 532 g/mol. The molecule has 5 rings (SSSR count). The Morgan fingerprint density at radius 1 is 0.769 bits per heavy atom. The summed E-state index contributed by atoms with van der Waals surface area (Å²) >= 11 is 0. The molecule has 206 valence electrons. The van der Waals surface area contributed by atoms with Crippen LogP contribution in [-0.4, -0.2) is 71.6 Å². The number of ketones is 1. The third-order valence-corrected chi connectivity index (χ3v) is 8.27. The standard InChI is InChI=1S/C31H37N3O5/c1-39-26-13-11-22(12-14-26)17-23-19-25(35)20-24(18-21-7-3-2-4-8-21)32-29(36)27-9-5-15-33(27)31(38)28-10-6-16-34(28)30(23)37/h2-4,7-8,11-14,23-24,27-28H,5-6,9-10,15-20H2,1H3,(H,32,36). The van der Waals surface area contributed by atoms with Gasteiger partial charge in [0.15, 0.2) is 0 Å². The van der Waals surface area contributed by atoms with Crippen molar-refractivity contribution in [1.29, 1.82) is 0 Å². The number of rotatable bonds is 5. The molecule has 0 bridgehead atoms. The van der Waals surface area contributed by atoms with Gasteiger partial charge in [0, 0.05) is 37.9 Å². The van der Waals surface area contributed by atoms with Gasteiger partial charge in [0.1, 0.15) is 23.6 Å². The van der Waals surface area contributed by atoms with Gasteiger partial charge in [-0.3, -0.25) is 19.2 Å². The molecule has 3 saturated heterocycles. The fraction of sp³-hybridized carbons (Fsp3) is 0.484. The van der Waals surface area contributed by atoms with Crippen LogP contribution in [0.3, 0.4) is 0 Å². The van der Waals surface area contributed by atoms with Crippen LogP contribution in [0.2, 0.25) is 0 Å². The highest BCUT2D eigenvalue weighted by Crippen LogP contribution is 2.29. The number of carbonyl (C=O) groups excluding carboxylic acids is 4. The first-order valence-electron chi connectivity index (χ1n) is 14.0. The molecule has 2 aromatic rings. The number of fused-ring (bicyclic) bond motifs is 2. The summed E-state index contributed by atoms with van der Waals surface area (Å²) in [6.45, 7) is 0.997. The minimum Gasteiger partial charge on any atom is -0.497 e. The molecule has 8 nitrogen and oxygen atoms in total. The molecule has 4 unspecified atom stereocenters. The zero-order valence-electron chi connectivity index (χ0n) is 22.5. The summed E-state index contributed by atoms with van der Waals surface area (Å²) in [6, 6.07) is 15.7. The number of methoxy groups -OCH3 is 1. The Morgan fingerprint density at radius 2 is 1.41 bits per heavy atom. The number of nitrogens with one attached hydrogen (secondary N) is 1. The van der Waals surface area contributed by atoms with E-state index in [0.717, 1.165) is 29.7 Å².